The summed E-state index contributed by atoms with van der Waals surface area (Å²) in [5, 5.41) is 13.1. The van der Waals surface area contributed by atoms with E-state index in [1.54, 1.807) is 0 Å². The van der Waals surface area contributed by atoms with Gasteiger partial charge in [-0.15, -0.1) is 0 Å². The second-order valence-corrected chi connectivity index (χ2v) is 4.37. The molecule has 1 N–H and O–H groups in total. The molecule has 0 unspecified atom stereocenters. The maximum atomic E-state index is 10.6. The molecule has 1 aromatic heterocycles. The topological polar surface area (TPSA) is 58.4 Å². The molecule has 2 heterocycles. The first-order chi connectivity index (χ1) is 7.58. The predicted octanol–water partition coefficient (Wildman–Crippen LogP) is 0.654. The van der Waals surface area contributed by atoms with E-state index in [-0.39, 0.29) is 6.42 Å². The van der Waals surface area contributed by atoms with E-state index in [2.05, 4.69) is 17.0 Å². The lowest BCUT2D eigenvalue weighted by Crippen LogP contribution is -2.27. The molecule has 1 aliphatic heterocycles. The highest BCUT2D eigenvalue weighted by Gasteiger charge is 2.21. The Morgan fingerprint density at radius 1 is 1.56 bits per heavy atom. The summed E-state index contributed by atoms with van der Waals surface area (Å²) in [6.45, 7) is 4.42. The zero-order valence-electron chi connectivity index (χ0n) is 9.73. The molecule has 0 bridgehead atoms. The summed E-state index contributed by atoms with van der Waals surface area (Å²) >= 11 is 0. The van der Waals surface area contributed by atoms with Crippen molar-refractivity contribution in [2.75, 3.05) is 13.6 Å². The van der Waals surface area contributed by atoms with Crippen LogP contribution in [0.15, 0.2) is 0 Å². The first kappa shape index (κ1) is 11.1. The van der Waals surface area contributed by atoms with Crippen LogP contribution in [0.2, 0.25) is 0 Å². The SMILES string of the molecule is Cc1nn(CCC(=O)O)c2c1CN(C)CC2. The largest absolute Gasteiger partial charge is 0.481 e. The van der Waals surface area contributed by atoms with Crippen LogP contribution in [0.1, 0.15) is 23.4 Å². The number of nitrogens with zero attached hydrogens (tertiary/aromatic N) is 3. The zero-order valence-corrected chi connectivity index (χ0v) is 9.73. The number of rotatable bonds is 3. The fourth-order valence-electron chi connectivity index (χ4n) is 2.18. The van der Waals surface area contributed by atoms with E-state index in [0.29, 0.717) is 6.54 Å². The lowest BCUT2D eigenvalue weighted by atomic mass is 10.1. The molecule has 88 valence electrons. The highest BCUT2D eigenvalue weighted by Crippen LogP contribution is 2.21. The van der Waals surface area contributed by atoms with Gasteiger partial charge in [0.05, 0.1) is 18.7 Å². The Bertz CT molecular complexity index is 412. The standard InChI is InChI=1S/C11H17N3O2/c1-8-9-7-13(2)5-3-10(9)14(12-8)6-4-11(15)16/h3-7H2,1-2H3,(H,15,16). The van der Waals surface area contributed by atoms with Gasteiger partial charge in [0.2, 0.25) is 0 Å². The van der Waals surface area contributed by atoms with Gasteiger partial charge in [0.15, 0.2) is 0 Å². The Labute approximate surface area is 94.7 Å². The Morgan fingerprint density at radius 2 is 2.31 bits per heavy atom. The fraction of sp³-hybridized carbons (Fsp3) is 0.636. The van der Waals surface area contributed by atoms with E-state index in [0.717, 1.165) is 25.2 Å². The number of likely N-dealkylation sites (N-methyl/N-ethyl adjacent to an activating group) is 1. The van der Waals surface area contributed by atoms with Crippen LogP contribution in [-0.2, 0) is 24.3 Å². The third-order valence-corrected chi connectivity index (χ3v) is 3.06. The molecule has 0 aromatic carbocycles. The van der Waals surface area contributed by atoms with Gasteiger partial charge in [-0.3, -0.25) is 9.48 Å². The van der Waals surface area contributed by atoms with Gasteiger partial charge in [-0.2, -0.15) is 5.10 Å². The van der Waals surface area contributed by atoms with Crippen molar-refractivity contribution >= 4 is 5.97 Å². The minimum Gasteiger partial charge on any atom is -0.481 e. The molecule has 0 saturated carbocycles. The monoisotopic (exact) mass is 223 g/mol. The van der Waals surface area contributed by atoms with Gasteiger partial charge < -0.3 is 10.0 Å². The molecule has 1 aliphatic rings. The summed E-state index contributed by atoms with van der Waals surface area (Å²) in [6.07, 6.45) is 1.11. The fourth-order valence-corrected chi connectivity index (χ4v) is 2.18. The Kier molecular flexibility index (Phi) is 2.96. The Morgan fingerprint density at radius 3 is 3.00 bits per heavy atom. The van der Waals surface area contributed by atoms with Crippen LogP contribution in [0.25, 0.3) is 0 Å². The van der Waals surface area contributed by atoms with E-state index >= 15 is 0 Å². The van der Waals surface area contributed by atoms with Gasteiger partial charge >= 0.3 is 5.97 Å². The lowest BCUT2D eigenvalue weighted by molar-refractivity contribution is -0.137. The van der Waals surface area contributed by atoms with Gasteiger partial charge in [-0.05, 0) is 14.0 Å². The predicted molar refractivity (Wildman–Crippen MR) is 59.3 cm³/mol. The second-order valence-electron chi connectivity index (χ2n) is 4.37. The van der Waals surface area contributed by atoms with Crippen molar-refractivity contribution in [3.05, 3.63) is 17.0 Å². The minimum absolute atomic E-state index is 0.142. The molecule has 16 heavy (non-hydrogen) atoms. The molecule has 0 spiro atoms. The van der Waals surface area contributed by atoms with Gasteiger partial charge in [0.1, 0.15) is 0 Å². The van der Waals surface area contributed by atoms with Crippen molar-refractivity contribution < 1.29 is 9.90 Å². The van der Waals surface area contributed by atoms with E-state index in [4.69, 9.17) is 5.11 Å². The number of carboxylic acid groups (broad SMARTS) is 1. The number of fused-ring (bicyclic) bond motifs is 1. The van der Waals surface area contributed by atoms with E-state index in [1.165, 1.54) is 11.3 Å². The molecule has 0 fully saturated rings. The molecule has 5 heteroatoms. The van der Waals surface area contributed by atoms with Crippen molar-refractivity contribution in [3.8, 4) is 0 Å². The average molecular weight is 223 g/mol. The summed E-state index contributed by atoms with van der Waals surface area (Å²) in [5.74, 6) is -0.769. The van der Waals surface area contributed by atoms with Gasteiger partial charge in [-0.25, -0.2) is 0 Å². The van der Waals surface area contributed by atoms with Crippen LogP contribution in [0.3, 0.4) is 0 Å². The highest BCUT2D eigenvalue weighted by molar-refractivity contribution is 5.66. The van der Waals surface area contributed by atoms with Crippen molar-refractivity contribution in [2.45, 2.75) is 32.9 Å². The molecular formula is C11H17N3O2. The quantitative estimate of drug-likeness (QED) is 0.817. The van der Waals surface area contributed by atoms with E-state index < -0.39 is 5.97 Å². The van der Waals surface area contributed by atoms with Crippen LogP contribution in [0.4, 0.5) is 0 Å². The third-order valence-electron chi connectivity index (χ3n) is 3.06. The first-order valence-corrected chi connectivity index (χ1v) is 5.53. The minimum atomic E-state index is -0.769. The molecule has 0 amide bonds. The van der Waals surface area contributed by atoms with Crippen LogP contribution < -0.4 is 0 Å². The summed E-state index contributed by atoms with van der Waals surface area (Å²) in [7, 11) is 2.09. The normalized spacial score (nSPS) is 16.1. The van der Waals surface area contributed by atoms with Crippen molar-refractivity contribution in [3.63, 3.8) is 0 Å². The maximum absolute atomic E-state index is 10.6. The Hall–Kier alpha value is -1.36. The average Bonchev–Trinajstić information content (AvgIpc) is 2.53. The van der Waals surface area contributed by atoms with Crippen LogP contribution in [-0.4, -0.2) is 39.3 Å². The van der Waals surface area contributed by atoms with E-state index in [9.17, 15) is 4.79 Å². The molecule has 0 atom stereocenters. The van der Waals surface area contributed by atoms with Crippen LogP contribution in [0.5, 0.6) is 0 Å². The number of carboxylic acids is 1. The summed E-state index contributed by atoms with van der Waals surface area (Å²) in [5.41, 5.74) is 3.53. The lowest BCUT2D eigenvalue weighted by Gasteiger charge is -2.23. The first-order valence-electron chi connectivity index (χ1n) is 5.53. The number of aryl methyl sites for hydroxylation is 2. The van der Waals surface area contributed by atoms with Crippen LogP contribution in [0, 0.1) is 6.92 Å². The maximum Gasteiger partial charge on any atom is 0.305 e. The number of aromatic nitrogens is 2. The molecule has 0 radical (unpaired) electrons. The van der Waals surface area contributed by atoms with Gasteiger partial charge in [0.25, 0.3) is 0 Å². The zero-order chi connectivity index (χ0) is 11.7. The number of aliphatic carboxylic acids is 1. The molecule has 5 nitrogen and oxygen atoms in total. The highest BCUT2D eigenvalue weighted by atomic mass is 16.4. The smallest absolute Gasteiger partial charge is 0.305 e. The molecule has 1 aromatic rings. The number of carbonyl (C=O) groups is 1. The van der Waals surface area contributed by atoms with E-state index in [1.807, 2.05) is 11.6 Å². The summed E-state index contributed by atoms with van der Waals surface area (Å²) in [6, 6.07) is 0. The summed E-state index contributed by atoms with van der Waals surface area (Å²) < 4.78 is 1.87. The molecule has 0 saturated heterocycles. The van der Waals surface area contributed by atoms with Crippen LogP contribution >= 0.6 is 0 Å². The molecule has 0 aliphatic carbocycles. The third kappa shape index (κ3) is 2.09. The molecular weight excluding hydrogens is 206 g/mol. The van der Waals surface area contributed by atoms with Crippen molar-refractivity contribution in [1.82, 2.24) is 14.7 Å². The van der Waals surface area contributed by atoms with Gasteiger partial charge in [-0.1, -0.05) is 0 Å². The molecule has 2 rings (SSSR count). The van der Waals surface area contributed by atoms with Crippen molar-refractivity contribution in [2.24, 2.45) is 0 Å². The number of hydrogen-bond donors (Lipinski definition) is 1. The Balaban J connectivity index is 2.21. The second kappa shape index (κ2) is 4.25. The summed E-state index contributed by atoms with van der Waals surface area (Å²) in [4.78, 5) is 12.8. The van der Waals surface area contributed by atoms with Crippen molar-refractivity contribution in [1.29, 1.82) is 0 Å². The number of hydrogen-bond acceptors (Lipinski definition) is 3. The van der Waals surface area contributed by atoms with Gasteiger partial charge in [0, 0.05) is 30.8 Å².